The molecule has 0 saturated heterocycles. The molecule has 0 radical (unpaired) electrons. The fourth-order valence-electron chi connectivity index (χ4n) is 1.64. The quantitative estimate of drug-likeness (QED) is 0.884. The van der Waals surface area contributed by atoms with Gasteiger partial charge in [0.15, 0.2) is 0 Å². The van der Waals surface area contributed by atoms with Crippen LogP contribution in [0.25, 0.3) is 0 Å². The number of aromatic nitrogens is 2. The van der Waals surface area contributed by atoms with Gasteiger partial charge < -0.3 is 9.88 Å². The number of carbonyl (C=O) groups is 1. The number of H-pyrrole nitrogens is 1. The molecule has 2 aromatic rings. The van der Waals surface area contributed by atoms with E-state index in [0.29, 0.717) is 17.7 Å². The number of carbonyl (C=O) groups excluding carboxylic acids is 1. The minimum atomic E-state index is -0.152. The van der Waals surface area contributed by atoms with E-state index in [9.17, 15) is 4.79 Å². The summed E-state index contributed by atoms with van der Waals surface area (Å²) < 4.78 is 0. The lowest BCUT2D eigenvalue weighted by Crippen LogP contribution is -2.26. The van der Waals surface area contributed by atoms with Crippen molar-refractivity contribution in [2.24, 2.45) is 0 Å². The molecule has 0 unspecified atom stereocenters. The standard InChI is InChI=1S/C13H12N4O/c1-17(9-10-2-3-15-6-10)13(18)12-4-11(5-14)7-16-8-12/h2-4,6-8,15H,9H2,1H3. The van der Waals surface area contributed by atoms with Gasteiger partial charge in [0.1, 0.15) is 6.07 Å². The van der Waals surface area contributed by atoms with Gasteiger partial charge in [-0.1, -0.05) is 0 Å². The number of rotatable bonds is 3. The molecule has 0 aliphatic heterocycles. The summed E-state index contributed by atoms with van der Waals surface area (Å²) in [7, 11) is 1.72. The van der Waals surface area contributed by atoms with Crippen molar-refractivity contribution in [2.45, 2.75) is 6.54 Å². The number of amides is 1. The van der Waals surface area contributed by atoms with E-state index in [2.05, 4.69) is 9.97 Å². The summed E-state index contributed by atoms with van der Waals surface area (Å²) in [5.74, 6) is -0.152. The summed E-state index contributed by atoms with van der Waals surface area (Å²) in [6, 6.07) is 5.42. The summed E-state index contributed by atoms with van der Waals surface area (Å²) in [4.78, 5) is 20.5. The van der Waals surface area contributed by atoms with E-state index in [1.165, 1.54) is 12.4 Å². The van der Waals surface area contributed by atoms with Crippen molar-refractivity contribution in [1.82, 2.24) is 14.9 Å². The highest BCUT2D eigenvalue weighted by atomic mass is 16.2. The Morgan fingerprint density at radius 3 is 3.06 bits per heavy atom. The van der Waals surface area contributed by atoms with Crippen molar-refractivity contribution in [1.29, 1.82) is 5.26 Å². The number of aromatic amines is 1. The van der Waals surface area contributed by atoms with Crippen molar-refractivity contribution in [2.75, 3.05) is 7.05 Å². The van der Waals surface area contributed by atoms with Crippen molar-refractivity contribution >= 4 is 5.91 Å². The van der Waals surface area contributed by atoms with Crippen LogP contribution in [0.4, 0.5) is 0 Å². The van der Waals surface area contributed by atoms with Crippen molar-refractivity contribution in [3.63, 3.8) is 0 Å². The Balaban J connectivity index is 2.13. The Labute approximate surface area is 105 Å². The molecule has 0 fully saturated rings. The van der Waals surface area contributed by atoms with Gasteiger partial charge in [0, 0.05) is 38.4 Å². The lowest BCUT2D eigenvalue weighted by molar-refractivity contribution is 0.0784. The molecule has 0 aliphatic carbocycles. The monoisotopic (exact) mass is 240 g/mol. The van der Waals surface area contributed by atoms with Crippen LogP contribution in [-0.2, 0) is 6.54 Å². The minimum Gasteiger partial charge on any atom is -0.367 e. The summed E-state index contributed by atoms with van der Waals surface area (Å²) in [5.41, 5.74) is 1.83. The van der Waals surface area contributed by atoms with Crippen LogP contribution in [0.3, 0.4) is 0 Å². The largest absolute Gasteiger partial charge is 0.367 e. The predicted molar refractivity (Wildman–Crippen MR) is 65.5 cm³/mol. The van der Waals surface area contributed by atoms with E-state index in [-0.39, 0.29) is 5.91 Å². The van der Waals surface area contributed by atoms with Gasteiger partial charge in [-0.15, -0.1) is 0 Å². The number of nitriles is 1. The zero-order valence-electron chi connectivity index (χ0n) is 9.92. The van der Waals surface area contributed by atoms with E-state index in [0.717, 1.165) is 5.56 Å². The molecule has 5 heteroatoms. The minimum absolute atomic E-state index is 0.152. The number of pyridine rings is 1. The van der Waals surface area contributed by atoms with E-state index in [4.69, 9.17) is 5.26 Å². The van der Waals surface area contributed by atoms with Crippen LogP contribution >= 0.6 is 0 Å². The van der Waals surface area contributed by atoms with Crippen LogP contribution in [0.15, 0.2) is 36.9 Å². The smallest absolute Gasteiger partial charge is 0.255 e. The first kappa shape index (κ1) is 11.9. The maximum absolute atomic E-state index is 12.1. The molecule has 2 rings (SSSR count). The Morgan fingerprint density at radius 2 is 2.39 bits per heavy atom. The third-order valence-corrected chi connectivity index (χ3v) is 2.54. The molecular weight excluding hydrogens is 228 g/mol. The number of nitrogens with one attached hydrogen (secondary N) is 1. The first-order valence-electron chi connectivity index (χ1n) is 5.43. The molecule has 5 nitrogen and oxygen atoms in total. The topological polar surface area (TPSA) is 72.8 Å². The molecule has 0 aromatic carbocycles. The maximum Gasteiger partial charge on any atom is 0.255 e. The molecule has 0 spiro atoms. The van der Waals surface area contributed by atoms with Crippen LogP contribution in [0.1, 0.15) is 21.5 Å². The molecule has 0 aliphatic rings. The molecule has 90 valence electrons. The van der Waals surface area contributed by atoms with Gasteiger partial charge >= 0.3 is 0 Å². The van der Waals surface area contributed by atoms with Crippen LogP contribution in [0.5, 0.6) is 0 Å². The Kier molecular flexibility index (Phi) is 3.39. The second-order valence-electron chi connectivity index (χ2n) is 3.95. The van der Waals surface area contributed by atoms with Crippen molar-refractivity contribution in [3.8, 4) is 6.07 Å². The van der Waals surface area contributed by atoms with E-state index >= 15 is 0 Å². The van der Waals surface area contributed by atoms with Gasteiger partial charge in [-0.05, 0) is 17.7 Å². The van der Waals surface area contributed by atoms with Gasteiger partial charge in [0.2, 0.25) is 0 Å². The van der Waals surface area contributed by atoms with Gasteiger partial charge in [0.05, 0.1) is 11.1 Å². The molecule has 2 aromatic heterocycles. The van der Waals surface area contributed by atoms with Crippen molar-refractivity contribution in [3.05, 3.63) is 53.6 Å². The lowest BCUT2D eigenvalue weighted by Gasteiger charge is -2.16. The SMILES string of the molecule is CN(Cc1cc[nH]c1)C(=O)c1cncc(C#N)c1. The molecular formula is C13H12N4O. The van der Waals surface area contributed by atoms with Crippen LogP contribution in [0, 0.1) is 11.3 Å². The fourth-order valence-corrected chi connectivity index (χ4v) is 1.64. The van der Waals surface area contributed by atoms with Gasteiger partial charge in [0.25, 0.3) is 5.91 Å². The molecule has 1 amide bonds. The van der Waals surface area contributed by atoms with Gasteiger partial charge in [-0.3, -0.25) is 9.78 Å². The fraction of sp³-hybridized carbons (Fsp3) is 0.154. The van der Waals surface area contributed by atoms with Gasteiger partial charge in [-0.25, -0.2) is 0 Å². The summed E-state index contributed by atoms with van der Waals surface area (Å²) in [5, 5.41) is 8.77. The van der Waals surface area contributed by atoms with Gasteiger partial charge in [-0.2, -0.15) is 5.26 Å². The average Bonchev–Trinajstić information content (AvgIpc) is 2.90. The molecule has 0 saturated carbocycles. The van der Waals surface area contributed by atoms with Crippen molar-refractivity contribution < 1.29 is 4.79 Å². The Morgan fingerprint density at radius 1 is 1.56 bits per heavy atom. The molecule has 0 bridgehead atoms. The predicted octanol–water partition coefficient (Wildman–Crippen LogP) is 1.55. The highest BCUT2D eigenvalue weighted by Crippen LogP contribution is 2.08. The third kappa shape index (κ3) is 2.55. The molecule has 1 N–H and O–H groups in total. The van der Waals surface area contributed by atoms with E-state index in [1.54, 1.807) is 18.0 Å². The normalized spacial score (nSPS) is 9.78. The van der Waals surface area contributed by atoms with Crippen LogP contribution < -0.4 is 0 Å². The number of hydrogen-bond acceptors (Lipinski definition) is 3. The summed E-state index contributed by atoms with van der Waals surface area (Å²) in [6.07, 6.45) is 6.55. The maximum atomic E-state index is 12.1. The number of nitrogens with zero attached hydrogens (tertiary/aromatic N) is 3. The van der Waals surface area contributed by atoms with E-state index in [1.807, 2.05) is 24.5 Å². The molecule has 18 heavy (non-hydrogen) atoms. The second kappa shape index (κ2) is 5.15. The van der Waals surface area contributed by atoms with Crippen LogP contribution in [-0.4, -0.2) is 27.8 Å². The Hall–Kier alpha value is -2.61. The summed E-state index contributed by atoms with van der Waals surface area (Å²) >= 11 is 0. The second-order valence-corrected chi connectivity index (χ2v) is 3.95. The zero-order chi connectivity index (χ0) is 13.0. The highest BCUT2D eigenvalue weighted by Gasteiger charge is 2.13. The third-order valence-electron chi connectivity index (χ3n) is 2.54. The number of hydrogen-bond donors (Lipinski definition) is 1. The van der Waals surface area contributed by atoms with Crippen LogP contribution in [0.2, 0.25) is 0 Å². The molecule has 2 heterocycles. The molecule has 0 atom stereocenters. The highest BCUT2D eigenvalue weighted by molar-refractivity contribution is 5.94. The zero-order valence-corrected chi connectivity index (χ0v) is 9.92. The Bertz CT molecular complexity index is 583. The van der Waals surface area contributed by atoms with E-state index < -0.39 is 0 Å². The summed E-state index contributed by atoms with van der Waals surface area (Å²) in [6.45, 7) is 0.513. The lowest BCUT2D eigenvalue weighted by atomic mass is 10.2. The average molecular weight is 240 g/mol. The first-order chi connectivity index (χ1) is 8.70. The first-order valence-corrected chi connectivity index (χ1v) is 5.43.